The van der Waals surface area contributed by atoms with Crippen LogP contribution in [-0.2, 0) is 15.0 Å². The molecule has 0 bridgehead atoms. The number of hydrogen-bond acceptors (Lipinski definition) is 4. The molecule has 4 aliphatic rings. The first-order valence-corrected chi connectivity index (χ1v) is 9.87. The Morgan fingerprint density at radius 2 is 2.04 bits per heavy atom. The Morgan fingerprint density at radius 3 is 2.71 bits per heavy atom. The number of anilines is 2. The van der Waals surface area contributed by atoms with Crippen molar-refractivity contribution in [1.82, 2.24) is 10.6 Å². The second-order valence-electron chi connectivity index (χ2n) is 8.76. The lowest BCUT2D eigenvalue weighted by Gasteiger charge is -2.21. The highest BCUT2D eigenvalue weighted by molar-refractivity contribution is 6.23. The third-order valence-electron chi connectivity index (χ3n) is 5.98. The van der Waals surface area contributed by atoms with Gasteiger partial charge in [0.15, 0.2) is 0 Å². The van der Waals surface area contributed by atoms with Crippen molar-refractivity contribution in [2.75, 3.05) is 22.9 Å². The summed E-state index contributed by atoms with van der Waals surface area (Å²) in [5.74, 6) is -0.228. The maximum Gasteiger partial charge on any atom is 0.329 e. The van der Waals surface area contributed by atoms with Crippen molar-refractivity contribution in [3.8, 4) is 0 Å². The molecule has 7 nitrogen and oxygen atoms in total. The van der Waals surface area contributed by atoms with Gasteiger partial charge in [0.25, 0.3) is 5.91 Å². The van der Waals surface area contributed by atoms with Crippen LogP contribution in [0.2, 0.25) is 0 Å². The van der Waals surface area contributed by atoms with Crippen molar-refractivity contribution >= 4 is 29.2 Å². The molecule has 1 aromatic carbocycles. The zero-order chi connectivity index (χ0) is 19.6. The van der Waals surface area contributed by atoms with E-state index in [2.05, 4.69) is 24.5 Å². The zero-order valence-electron chi connectivity index (χ0n) is 16.1. The Labute approximate surface area is 163 Å². The van der Waals surface area contributed by atoms with Crippen LogP contribution < -0.4 is 20.4 Å². The molecule has 0 radical (unpaired) electrons. The van der Waals surface area contributed by atoms with Crippen LogP contribution in [0.25, 0.3) is 0 Å². The quantitative estimate of drug-likeness (QED) is 0.603. The van der Waals surface area contributed by atoms with E-state index >= 15 is 0 Å². The number of hydrogen-bond donors (Lipinski definition) is 2. The molecule has 28 heavy (non-hydrogen) atoms. The van der Waals surface area contributed by atoms with E-state index in [0.29, 0.717) is 24.8 Å². The molecule has 1 saturated heterocycles. The summed E-state index contributed by atoms with van der Waals surface area (Å²) in [7, 11) is 0. The third-order valence-corrected chi connectivity index (χ3v) is 5.98. The summed E-state index contributed by atoms with van der Waals surface area (Å²) in [5.41, 5.74) is 3.15. The molecule has 2 aliphatic heterocycles. The van der Waals surface area contributed by atoms with Gasteiger partial charge in [-0.15, -0.1) is 0 Å². The van der Waals surface area contributed by atoms with E-state index in [1.807, 2.05) is 12.1 Å². The van der Waals surface area contributed by atoms with Crippen molar-refractivity contribution in [2.45, 2.75) is 50.6 Å². The SMILES string of the molecule is CC1(C)CN(C(=O)CNC2CC2)c2cc(N3C(=O)NC(C4=CC4)C3=O)ccc21. The fourth-order valence-electron chi connectivity index (χ4n) is 4.13. The van der Waals surface area contributed by atoms with Gasteiger partial charge in [0, 0.05) is 23.7 Å². The van der Waals surface area contributed by atoms with E-state index in [-0.39, 0.29) is 17.2 Å². The van der Waals surface area contributed by atoms with Crippen molar-refractivity contribution in [3.63, 3.8) is 0 Å². The molecule has 146 valence electrons. The number of carbonyl (C=O) groups excluding carboxylic acids is 3. The second-order valence-corrected chi connectivity index (χ2v) is 8.76. The number of fused-ring (bicyclic) bond motifs is 1. The largest absolute Gasteiger partial charge is 0.329 e. The average molecular weight is 380 g/mol. The minimum absolute atomic E-state index is 0.0223. The molecule has 5 rings (SSSR count). The van der Waals surface area contributed by atoms with Crippen LogP contribution in [0, 0.1) is 0 Å². The number of benzene rings is 1. The molecule has 7 heteroatoms. The van der Waals surface area contributed by atoms with Gasteiger partial charge in [0.2, 0.25) is 5.91 Å². The highest BCUT2D eigenvalue weighted by Crippen LogP contribution is 2.43. The number of urea groups is 1. The highest BCUT2D eigenvalue weighted by atomic mass is 16.2. The van der Waals surface area contributed by atoms with E-state index in [4.69, 9.17) is 0 Å². The number of amides is 4. The molecule has 2 N–H and O–H groups in total. The summed E-state index contributed by atoms with van der Waals surface area (Å²) in [5, 5.41) is 6.02. The summed E-state index contributed by atoms with van der Waals surface area (Å²) in [6.07, 6.45) is 4.98. The summed E-state index contributed by atoms with van der Waals surface area (Å²) in [4.78, 5) is 41.0. The van der Waals surface area contributed by atoms with Gasteiger partial charge in [0.05, 0.1) is 12.2 Å². The van der Waals surface area contributed by atoms with E-state index in [1.165, 1.54) is 4.90 Å². The van der Waals surface area contributed by atoms with Crippen LogP contribution in [0.15, 0.2) is 29.8 Å². The Balaban J connectivity index is 1.45. The van der Waals surface area contributed by atoms with Gasteiger partial charge in [-0.3, -0.25) is 9.59 Å². The van der Waals surface area contributed by atoms with Gasteiger partial charge in [-0.25, -0.2) is 9.69 Å². The molecule has 1 atom stereocenters. The Morgan fingerprint density at radius 1 is 1.29 bits per heavy atom. The van der Waals surface area contributed by atoms with E-state index in [0.717, 1.165) is 36.1 Å². The van der Waals surface area contributed by atoms with Crippen molar-refractivity contribution in [2.24, 2.45) is 0 Å². The number of allylic oxidation sites excluding steroid dienone is 1. The Bertz CT molecular complexity index is 932. The van der Waals surface area contributed by atoms with Crippen LogP contribution in [0.5, 0.6) is 0 Å². The molecule has 0 spiro atoms. The number of nitrogens with one attached hydrogen (secondary N) is 2. The van der Waals surface area contributed by atoms with Gasteiger partial charge in [-0.1, -0.05) is 26.0 Å². The standard InChI is InChI=1S/C21H24N4O3/c1-21(2)11-24(17(26)10-22-13-5-6-13)16-9-14(7-8-15(16)21)25-19(27)18(12-3-4-12)23-20(25)28/h3,7-9,13,18,22H,4-6,10-11H2,1-2H3,(H,23,28). The smallest absolute Gasteiger partial charge is 0.322 e. The van der Waals surface area contributed by atoms with Crippen molar-refractivity contribution in [3.05, 3.63) is 35.4 Å². The number of nitrogens with zero attached hydrogens (tertiary/aromatic N) is 2. The molecule has 4 amide bonds. The molecule has 2 heterocycles. The van der Waals surface area contributed by atoms with Crippen LogP contribution in [0.4, 0.5) is 16.2 Å². The zero-order valence-corrected chi connectivity index (χ0v) is 16.1. The van der Waals surface area contributed by atoms with Gasteiger partial charge in [0.1, 0.15) is 6.04 Å². The summed E-state index contributed by atoms with van der Waals surface area (Å²) < 4.78 is 0. The number of rotatable bonds is 5. The fourth-order valence-corrected chi connectivity index (χ4v) is 4.13. The van der Waals surface area contributed by atoms with E-state index < -0.39 is 12.1 Å². The minimum atomic E-state index is -0.544. The van der Waals surface area contributed by atoms with E-state index in [9.17, 15) is 14.4 Å². The molecule has 2 aliphatic carbocycles. The maximum atomic E-state index is 12.8. The van der Waals surface area contributed by atoms with Crippen molar-refractivity contribution < 1.29 is 14.4 Å². The molecular weight excluding hydrogens is 356 g/mol. The van der Waals surface area contributed by atoms with Crippen LogP contribution in [-0.4, -0.2) is 43.0 Å². The molecule has 1 aromatic rings. The summed E-state index contributed by atoms with van der Waals surface area (Å²) >= 11 is 0. The third kappa shape index (κ3) is 2.81. The fraction of sp³-hybridized carbons (Fsp3) is 0.476. The van der Waals surface area contributed by atoms with E-state index in [1.54, 1.807) is 17.0 Å². The van der Waals surface area contributed by atoms with Crippen LogP contribution in [0.1, 0.15) is 38.7 Å². The first-order valence-electron chi connectivity index (χ1n) is 9.87. The Hall–Kier alpha value is -2.67. The number of carbonyl (C=O) groups is 3. The van der Waals surface area contributed by atoms with Gasteiger partial charge < -0.3 is 15.5 Å². The summed E-state index contributed by atoms with van der Waals surface area (Å²) in [6, 6.07) is 5.06. The van der Waals surface area contributed by atoms with Crippen molar-refractivity contribution in [1.29, 1.82) is 0 Å². The van der Waals surface area contributed by atoms with Crippen LogP contribution in [0.3, 0.4) is 0 Å². The molecule has 1 unspecified atom stereocenters. The molecule has 1 saturated carbocycles. The highest BCUT2D eigenvalue weighted by Gasteiger charge is 2.44. The summed E-state index contributed by atoms with van der Waals surface area (Å²) in [6.45, 7) is 5.11. The average Bonchev–Trinajstić information content (AvgIpc) is 3.57. The first kappa shape index (κ1) is 17.4. The lowest BCUT2D eigenvalue weighted by atomic mass is 9.87. The van der Waals surface area contributed by atoms with Gasteiger partial charge in [-0.2, -0.15) is 0 Å². The topological polar surface area (TPSA) is 81.8 Å². The first-order chi connectivity index (χ1) is 13.3. The monoisotopic (exact) mass is 380 g/mol. The lowest BCUT2D eigenvalue weighted by molar-refractivity contribution is -0.118. The molecule has 0 aromatic heterocycles. The molecular formula is C21H24N4O3. The Kier molecular flexibility index (Phi) is 3.68. The number of imide groups is 1. The van der Waals surface area contributed by atoms with Gasteiger partial charge >= 0.3 is 6.03 Å². The van der Waals surface area contributed by atoms with Crippen LogP contribution >= 0.6 is 0 Å². The lowest BCUT2D eigenvalue weighted by Crippen LogP contribution is -2.40. The predicted molar refractivity (Wildman–Crippen MR) is 105 cm³/mol. The normalized spacial score (nSPS) is 24.9. The maximum absolute atomic E-state index is 12.8. The predicted octanol–water partition coefficient (Wildman–Crippen LogP) is 1.82. The second kappa shape index (κ2) is 5.91. The van der Waals surface area contributed by atoms with Gasteiger partial charge in [-0.05, 0) is 42.5 Å². The molecule has 2 fully saturated rings. The minimum Gasteiger partial charge on any atom is -0.322 e.